The van der Waals surface area contributed by atoms with Crippen molar-refractivity contribution in [3.05, 3.63) is 53.6 Å². The molecule has 0 saturated heterocycles. The highest BCUT2D eigenvalue weighted by Gasteiger charge is 2.10. The fraction of sp³-hybridized carbons (Fsp3) is 0. The van der Waals surface area contributed by atoms with Gasteiger partial charge >= 0.3 is 0 Å². The van der Waals surface area contributed by atoms with E-state index in [-0.39, 0.29) is 5.24 Å². The minimum Gasteiger partial charge on any atom is -0.316 e. The molecule has 0 aliphatic heterocycles. The van der Waals surface area contributed by atoms with E-state index in [1.54, 1.807) is 24.3 Å². The number of aromatic nitrogens is 1. The molecule has 0 unspecified atom stereocenters. The van der Waals surface area contributed by atoms with Crippen molar-refractivity contribution >= 4 is 55.8 Å². The Morgan fingerprint density at radius 1 is 1.20 bits per heavy atom. The maximum atomic E-state index is 11.9. The molecule has 0 aliphatic rings. The standard InChI is InChI=1S/C14H9ClN2OS2/c15-9-4-3-5-10(8-9)16-13(18)20-14-17-11-6-1-2-7-12(11)19-14/h1-8H,(H,16,18). The Morgan fingerprint density at radius 2 is 2.05 bits per heavy atom. The number of amides is 1. The van der Waals surface area contributed by atoms with E-state index >= 15 is 0 Å². The van der Waals surface area contributed by atoms with Crippen molar-refractivity contribution in [2.45, 2.75) is 4.34 Å². The van der Waals surface area contributed by atoms with E-state index in [4.69, 9.17) is 11.6 Å². The lowest BCUT2D eigenvalue weighted by molar-refractivity contribution is 0.270. The normalized spacial score (nSPS) is 10.7. The number of nitrogens with zero attached hydrogens (tertiary/aromatic N) is 1. The molecule has 3 nitrogen and oxygen atoms in total. The fourth-order valence-electron chi connectivity index (χ4n) is 1.68. The van der Waals surface area contributed by atoms with Crippen molar-refractivity contribution < 1.29 is 4.79 Å². The molecule has 1 heterocycles. The molecule has 20 heavy (non-hydrogen) atoms. The third kappa shape index (κ3) is 3.12. The van der Waals surface area contributed by atoms with Crippen LogP contribution in [0.2, 0.25) is 5.02 Å². The summed E-state index contributed by atoms with van der Waals surface area (Å²) in [5, 5.41) is 3.20. The predicted octanol–water partition coefficient (Wildman–Crippen LogP) is 5.27. The number of hydrogen-bond acceptors (Lipinski definition) is 4. The highest BCUT2D eigenvalue weighted by molar-refractivity contribution is 8.15. The Morgan fingerprint density at radius 3 is 2.85 bits per heavy atom. The molecule has 0 aliphatic carbocycles. The molecule has 6 heteroatoms. The van der Waals surface area contributed by atoms with Crippen LogP contribution in [0.1, 0.15) is 0 Å². The van der Waals surface area contributed by atoms with Crippen LogP contribution in [0.4, 0.5) is 10.5 Å². The van der Waals surface area contributed by atoms with E-state index in [9.17, 15) is 4.79 Å². The number of rotatable bonds is 2. The lowest BCUT2D eigenvalue weighted by atomic mass is 10.3. The number of halogens is 1. The second kappa shape index (κ2) is 5.83. The van der Waals surface area contributed by atoms with E-state index in [2.05, 4.69) is 10.3 Å². The van der Waals surface area contributed by atoms with Crippen LogP contribution in [-0.2, 0) is 0 Å². The van der Waals surface area contributed by atoms with Crippen molar-refractivity contribution in [1.82, 2.24) is 4.98 Å². The van der Waals surface area contributed by atoms with Gasteiger partial charge in [0.1, 0.15) is 0 Å². The number of benzene rings is 2. The number of hydrogen-bond donors (Lipinski definition) is 1. The van der Waals surface area contributed by atoms with Gasteiger partial charge < -0.3 is 5.32 Å². The average Bonchev–Trinajstić information content (AvgIpc) is 2.80. The molecule has 0 spiro atoms. The summed E-state index contributed by atoms with van der Waals surface area (Å²) in [7, 11) is 0. The van der Waals surface area contributed by atoms with Crippen LogP contribution in [0.5, 0.6) is 0 Å². The Bertz CT molecular complexity index is 739. The van der Waals surface area contributed by atoms with Crippen LogP contribution in [0, 0.1) is 0 Å². The zero-order valence-corrected chi connectivity index (χ0v) is 12.6. The Kier molecular flexibility index (Phi) is 3.91. The molecular weight excluding hydrogens is 312 g/mol. The summed E-state index contributed by atoms with van der Waals surface area (Å²) in [5.74, 6) is 0. The van der Waals surface area contributed by atoms with Gasteiger partial charge in [-0.3, -0.25) is 4.79 Å². The van der Waals surface area contributed by atoms with Crippen molar-refractivity contribution in [1.29, 1.82) is 0 Å². The molecule has 1 aromatic heterocycles. The average molecular weight is 321 g/mol. The highest BCUT2D eigenvalue weighted by Crippen LogP contribution is 2.30. The second-order valence-electron chi connectivity index (χ2n) is 3.97. The molecule has 2 aromatic carbocycles. The Hall–Kier alpha value is -1.56. The number of anilines is 1. The number of thiazole rings is 1. The van der Waals surface area contributed by atoms with Crippen molar-refractivity contribution in [3.63, 3.8) is 0 Å². The van der Waals surface area contributed by atoms with Gasteiger partial charge in [0, 0.05) is 22.5 Å². The van der Waals surface area contributed by atoms with E-state index < -0.39 is 0 Å². The molecule has 0 radical (unpaired) electrons. The first-order chi connectivity index (χ1) is 9.70. The lowest BCUT2D eigenvalue weighted by Gasteiger charge is -2.02. The van der Waals surface area contributed by atoms with Gasteiger partial charge in [-0.05, 0) is 30.3 Å². The van der Waals surface area contributed by atoms with Crippen LogP contribution in [0.25, 0.3) is 10.2 Å². The molecule has 1 amide bonds. The third-order valence-electron chi connectivity index (χ3n) is 2.53. The van der Waals surface area contributed by atoms with Crippen LogP contribution >= 0.6 is 34.7 Å². The quantitative estimate of drug-likeness (QED) is 0.654. The maximum Gasteiger partial charge on any atom is 0.290 e. The molecule has 1 N–H and O–H groups in total. The first-order valence-corrected chi connectivity index (χ1v) is 7.82. The largest absolute Gasteiger partial charge is 0.316 e. The molecule has 0 bridgehead atoms. The van der Waals surface area contributed by atoms with Crippen LogP contribution in [0.15, 0.2) is 52.9 Å². The number of thioether (sulfide) groups is 1. The minimum atomic E-state index is -0.175. The first-order valence-electron chi connectivity index (χ1n) is 5.81. The highest BCUT2D eigenvalue weighted by atomic mass is 35.5. The van der Waals surface area contributed by atoms with Crippen molar-refractivity contribution in [2.24, 2.45) is 0 Å². The lowest BCUT2D eigenvalue weighted by Crippen LogP contribution is -2.04. The van der Waals surface area contributed by atoms with Gasteiger partial charge in [-0.1, -0.05) is 29.8 Å². The monoisotopic (exact) mass is 320 g/mol. The number of carbonyl (C=O) groups is 1. The summed E-state index contributed by atoms with van der Waals surface area (Å²) < 4.78 is 1.80. The summed E-state index contributed by atoms with van der Waals surface area (Å²) in [6.07, 6.45) is 0. The van der Waals surface area contributed by atoms with Crippen molar-refractivity contribution in [3.8, 4) is 0 Å². The summed E-state index contributed by atoms with van der Waals surface area (Å²) in [5.41, 5.74) is 1.59. The van der Waals surface area contributed by atoms with Gasteiger partial charge in [-0.15, -0.1) is 11.3 Å². The van der Waals surface area contributed by atoms with Gasteiger partial charge in [0.05, 0.1) is 10.2 Å². The van der Waals surface area contributed by atoms with E-state index in [0.29, 0.717) is 10.7 Å². The van der Waals surface area contributed by atoms with Gasteiger partial charge in [-0.25, -0.2) is 4.98 Å². The summed E-state index contributed by atoms with van der Waals surface area (Å²) in [6, 6.07) is 14.9. The molecule has 0 fully saturated rings. The number of carbonyl (C=O) groups excluding carboxylic acids is 1. The topological polar surface area (TPSA) is 42.0 Å². The summed E-state index contributed by atoms with van der Waals surface area (Å²) in [6.45, 7) is 0. The molecular formula is C14H9ClN2OS2. The van der Waals surface area contributed by atoms with Gasteiger partial charge in [0.2, 0.25) is 0 Å². The van der Waals surface area contributed by atoms with Gasteiger partial charge in [0.15, 0.2) is 4.34 Å². The van der Waals surface area contributed by atoms with Crippen LogP contribution in [-0.4, -0.2) is 10.2 Å². The molecule has 3 rings (SSSR count). The smallest absolute Gasteiger partial charge is 0.290 e. The number of nitrogens with one attached hydrogen (secondary N) is 1. The van der Waals surface area contributed by atoms with E-state index in [1.807, 2.05) is 24.3 Å². The van der Waals surface area contributed by atoms with Crippen molar-refractivity contribution in [2.75, 3.05) is 5.32 Å². The van der Waals surface area contributed by atoms with E-state index in [0.717, 1.165) is 26.3 Å². The molecule has 0 atom stereocenters. The Labute approximate surface area is 129 Å². The van der Waals surface area contributed by atoms with Gasteiger partial charge in [0.25, 0.3) is 5.24 Å². The SMILES string of the molecule is O=C(Nc1cccc(Cl)c1)Sc1nc2ccccc2s1. The zero-order chi connectivity index (χ0) is 13.9. The first kappa shape index (κ1) is 13.4. The molecule has 3 aromatic rings. The number of para-hydroxylation sites is 1. The Balaban J connectivity index is 1.72. The zero-order valence-electron chi connectivity index (χ0n) is 10.2. The predicted molar refractivity (Wildman–Crippen MR) is 85.9 cm³/mol. The second-order valence-corrected chi connectivity index (χ2v) is 6.66. The summed E-state index contributed by atoms with van der Waals surface area (Å²) in [4.78, 5) is 16.4. The number of fused-ring (bicyclic) bond motifs is 1. The van der Waals surface area contributed by atoms with Crippen LogP contribution in [0.3, 0.4) is 0 Å². The minimum absolute atomic E-state index is 0.175. The van der Waals surface area contributed by atoms with E-state index in [1.165, 1.54) is 11.3 Å². The summed E-state index contributed by atoms with van der Waals surface area (Å²) >= 11 is 8.46. The molecule has 100 valence electrons. The third-order valence-corrected chi connectivity index (χ3v) is 4.64. The molecule has 0 saturated carbocycles. The van der Waals surface area contributed by atoms with Crippen LogP contribution < -0.4 is 5.32 Å². The fourth-order valence-corrected chi connectivity index (χ4v) is 3.71. The maximum absolute atomic E-state index is 11.9. The van der Waals surface area contributed by atoms with Gasteiger partial charge in [-0.2, -0.15) is 0 Å².